The van der Waals surface area contributed by atoms with Crippen molar-refractivity contribution >= 4 is 23.4 Å². The van der Waals surface area contributed by atoms with Crippen LogP contribution in [0.2, 0.25) is 0 Å². The van der Waals surface area contributed by atoms with Crippen molar-refractivity contribution in [2.45, 2.75) is 6.92 Å². The lowest BCUT2D eigenvalue weighted by Gasteiger charge is -2.06. The average Bonchev–Trinajstić information content (AvgIpc) is 2.81. The Morgan fingerprint density at radius 2 is 2.28 bits per heavy atom. The average molecular weight is 247 g/mol. The number of nitrogens with one attached hydrogen (secondary N) is 1. The Hall–Kier alpha value is -2.50. The Morgan fingerprint density at radius 1 is 1.50 bits per heavy atom. The molecule has 1 heterocycles. The van der Waals surface area contributed by atoms with Crippen LogP contribution in [-0.4, -0.2) is 18.1 Å². The van der Waals surface area contributed by atoms with Gasteiger partial charge in [-0.3, -0.25) is 0 Å². The van der Waals surface area contributed by atoms with Gasteiger partial charge in [-0.2, -0.15) is 0 Å². The first kappa shape index (κ1) is 12.0. The summed E-state index contributed by atoms with van der Waals surface area (Å²) in [5.41, 5.74) is 8.08. The zero-order chi connectivity index (χ0) is 13.1. The number of hydrogen-bond acceptors (Lipinski definition) is 6. The SMILES string of the molecule is COC(=O)c1cnc(Nc2cc(N)ccc2C)o1. The van der Waals surface area contributed by atoms with Gasteiger partial charge in [0.1, 0.15) is 0 Å². The first-order chi connectivity index (χ1) is 8.60. The van der Waals surface area contributed by atoms with E-state index in [1.54, 1.807) is 12.1 Å². The topological polar surface area (TPSA) is 90.4 Å². The van der Waals surface area contributed by atoms with Crippen LogP contribution in [0, 0.1) is 6.92 Å². The van der Waals surface area contributed by atoms with E-state index in [4.69, 9.17) is 10.2 Å². The van der Waals surface area contributed by atoms with Crippen LogP contribution in [0.4, 0.5) is 17.4 Å². The summed E-state index contributed by atoms with van der Waals surface area (Å²) in [6, 6.07) is 5.65. The largest absolute Gasteiger partial charge is 0.463 e. The maximum absolute atomic E-state index is 11.2. The molecule has 0 bridgehead atoms. The molecule has 2 aromatic rings. The van der Waals surface area contributed by atoms with Gasteiger partial charge in [0.25, 0.3) is 6.01 Å². The van der Waals surface area contributed by atoms with Gasteiger partial charge in [-0.05, 0) is 24.6 Å². The summed E-state index contributed by atoms with van der Waals surface area (Å²) in [4.78, 5) is 15.1. The Morgan fingerprint density at radius 3 is 3.00 bits per heavy atom. The Balaban J connectivity index is 2.21. The molecule has 18 heavy (non-hydrogen) atoms. The highest BCUT2D eigenvalue weighted by Gasteiger charge is 2.13. The predicted molar refractivity (Wildman–Crippen MR) is 66.7 cm³/mol. The van der Waals surface area contributed by atoms with Crippen molar-refractivity contribution < 1.29 is 13.9 Å². The first-order valence-corrected chi connectivity index (χ1v) is 5.27. The molecule has 0 amide bonds. The summed E-state index contributed by atoms with van der Waals surface area (Å²) < 4.78 is 9.72. The van der Waals surface area contributed by atoms with Crippen molar-refractivity contribution in [3.63, 3.8) is 0 Å². The normalized spacial score (nSPS) is 10.1. The maximum Gasteiger partial charge on any atom is 0.375 e. The second kappa shape index (κ2) is 4.79. The van der Waals surface area contributed by atoms with Crippen LogP contribution in [0.1, 0.15) is 16.1 Å². The fourth-order valence-corrected chi connectivity index (χ4v) is 1.42. The number of hydrogen-bond donors (Lipinski definition) is 2. The predicted octanol–water partition coefficient (Wildman–Crippen LogP) is 2.10. The van der Waals surface area contributed by atoms with Crippen molar-refractivity contribution in [1.82, 2.24) is 4.98 Å². The van der Waals surface area contributed by atoms with Gasteiger partial charge < -0.3 is 20.2 Å². The number of rotatable bonds is 3. The van der Waals surface area contributed by atoms with E-state index < -0.39 is 5.97 Å². The molecule has 0 radical (unpaired) electrons. The zero-order valence-corrected chi connectivity index (χ0v) is 10.1. The highest BCUT2D eigenvalue weighted by molar-refractivity contribution is 5.86. The lowest BCUT2D eigenvalue weighted by atomic mass is 10.2. The summed E-state index contributed by atoms with van der Waals surface area (Å²) in [7, 11) is 1.28. The number of aromatic nitrogens is 1. The van der Waals surface area contributed by atoms with Crippen LogP contribution in [-0.2, 0) is 4.74 Å². The molecule has 0 aliphatic carbocycles. The molecule has 1 aromatic heterocycles. The lowest BCUT2D eigenvalue weighted by Crippen LogP contribution is -1.98. The molecule has 0 saturated carbocycles. The summed E-state index contributed by atoms with van der Waals surface area (Å²) in [5.74, 6) is -0.526. The van der Waals surface area contributed by atoms with Crippen LogP contribution in [0.5, 0.6) is 0 Å². The van der Waals surface area contributed by atoms with Crippen molar-refractivity contribution in [3.05, 3.63) is 35.7 Å². The number of benzene rings is 1. The van der Waals surface area contributed by atoms with Gasteiger partial charge in [0, 0.05) is 11.4 Å². The van der Waals surface area contributed by atoms with Gasteiger partial charge >= 0.3 is 5.97 Å². The number of carbonyl (C=O) groups is 1. The highest BCUT2D eigenvalue weighted by atomic mass is 16.5. The van der Waals surface area contributed by atoms with Crippen LogP contribution < -0.4 is 11.1 Å². The van der Waals surface area contributed by atoms with E-state index in [1.807, 2.05) is 13.0 Å². The number of aryl methyl sites for hydroxylation is 1. The molecule has 0 fully saturated rings. The molecule has 2 rings (SSSR count). The zero-order valence-electron chi connectivity index (χ0n) is 10.1. The Bertz CT molecular complexity index is 578. The monoisotopic (exact) mass is 247 g/mol. The van der Waals surface area contributed by atoms with Crippen molar-refractivity contribution in [2.24, 2.45) is 0 Å². The molecule has 6 heteroatoms. The smallest absolute Gasteiger partial charge is 0.375 e. The quantitative estimate of drug-likeness (QED) is 0.637. The molecule has 0 aliphatic heterocycles. The van der Waals surface area contributed by atoms with Crippen molar-refractivity contribution in [1.29, 1.82) is 0 Å². The van der Waals surface area contributed by atoms with Crippen LogP contribution in [0.15, 0.2) is 28.8 Å². The number of oxazole rings is 1. The Labute approximate surface area is 104 Å². The van der Waals surface area contributed by atoms with E-state index in [1.165, 1.54) is 13.3 Å². The molecular weight excluding hydrogens is 234 g/mol. The number of nitrogens with zero attached hydrogens (tertiary/aromatic N) is 1. The van der Waals surface area contributed by atoms with E-state index >= 15 is 0 Å². The molecular formula is C12H13N3O3. The fraction of sp³-hybridized carbons (Fsp3) is 0.167. The van der Waals surface area contributed by atoms with Gasteiger partial charge in [0.2, 0.25) is 5.76 Å². The molecule has 0 aliphatic rings. The number of methoxy groups -OCH3 is 1. The number of nitrogens with two attached hydrogens (primary N) is 1. The van der Waals surface area contributed by atoms with E-state index in [9.17, 15) is 4.79 Å². The minimum absolute atomic E-state index is 0.0431. The second-order valence-corrected chi connectivity index (χ2v) is 3.72. The summed E-state index contributed by atoms with van der Waals surface area (Å²) >= 11 is 0. The number of carbonyl (C=O) groups excluding carboxylic acids is 1. The minimum Gasteiger partial charge on any atom is -0.463 e. The Kier molecular flexibility index (Phi) is 3.18. The van der Waals surface area contributed by atoms with Gasteiger partial charge in [0.15, 0.2) is 0 Å². The number of nitrogen functional groups attached to an aromatic ring is 1. The summed E-state index contributed by atoms with van der Waals surface area (Å²) in [6.45, 7) is 1.92. The summed E-state index contributed by atoms with van der Waals surface area (Å²) in [6.07, 6.45) is 1.30. The molecule has 3 N–H and O–H groups in total. The number of esters is 1. The number of ether oxygens (including phenoxy) is 1. The number of anilines is 3. The van der Waals surface area contributed by atoms with Gasteiger partial charge in [-0.1, -0.05) is 6.07 Å². The second-order valence-electron chi connectivity index (χ2n) is 3.72. The van der Waals surface area contributed by atoms with E-state index in [2.05, 4.69) is 15.0 Å². The molecule has 0 unspecified atom stereocenters. The van der Waals surface area contributed by atoms with Crippen LogP contribution >= 0.6 is 0 Å². The molecule has 0 atom stereocenters. The molecule has 0 saturated heterocycles. The third kappa shape index (κ3) is 2.42. The van der Waals surface area contributed by atoms with Gasteiger partial charge in [0.05, 0.1) is 13.3 Å². The van der Waals surface area contributed by atoms with Gasteiger partial charge in [-0.25, -0.2) is 9.78 Å². The standard InChI is InChI=1S/C12H13N3O3/c1-7-3-4-8(13)5-9(7)15-12-14-6-10(18-12)11(16)17-2/h3-6H,13H2,1-2H3,(H,14,15). The van der Waals surface area contributed by atoms with E-state index in [0.29, 0.717) is 5.69 Å². The lowest BCUT2D eigenvalue weighted by molar-refractivity contribution is 0.0566. The van der Waals surface area contributed by atoms with Gasteiger partial charge in [-0.15, -0.1) is 0 Å². The molecule has 0 spiro atoms. The van der Waals surface area contributed by atoms with E-state index in [-0.39, 0.29) is 11.8 Å². The van der Waals surface area contributed by atoms with Crippen LogP contribution in [0.25, 0.3) is 0 Å². The van der Waals surface area contributed by atoms with Crippen molar-refractivity contribution in [3.8, 4) is 0 Å². The van der Waals surface area contributed by atoms with E-state index in [0.717, 1.165) is 11.3 Å². The van der Waals surface area contributed by atoms with Crippen LogP contribution in [0.3, 0.4) is 0 Å². The van der Waals surface area contributed by atoms with Crippen molar-refractivity contribution in [2.75, 3.05) is 18.2 Å². The minimum atomic E-state index is -0.570. The fourth-order valence-electron chi connectivity index (χ4n) is 1.42. The molecule has 6 nitrogen and oxygen atoms in total. The maximum atomic E-state index is 11.2. The first-order valence-electron chi connectivity index (χ1n) is 5.27. The third-order valence-electron chi connectivity index (χ3n) is 2.40. The highest BCUT2D eigenvalue weighted by Crippen LogP contribution is 2.22. The molecule has 94 valence electrons. The summed E-state index contributed by atoms with van der Waals surface area (Å²) in [5, 5.41) is 2.95. The molecule has 1 aromatic carbocycles. The third-order valence-corrected chi connectivity index (χ3v) is 2.40.